The number of hydrogen-bond donors (Lipinski definition) is 1. The first-order valence-corrected chi connectivity index (χ1v) is 7.02. The third kappa shape index (κ3) is 3.68. The quantitative estimate of drug-likeness (QED) is 0.915. The Morgan fingerprint density at radius 2 is 1.95 bits per heavy atom. The van der Waals surface area contributed by atoms with E-state index in [4.69, 9.17) is 0 Å². The summed E-state index contributed by atoms with van der Waals surface area (Å²) < 4.78 is 13.7. The summed E-state index contributed by atoms with van der Waals surface area (Å²) in [5.74, 6) is 2.36. The molecule has 0 saturated heterocycles. The van der Waals surface area contributed by atoms with Crippen LogP contribution in [0.3, 0.4) is 0 Å². The Balaban J connectivity index is 2.28. The van der Waals surface area contributed by atoms with Gasteiger partial charge < -0.3 is 10.2 Å². The molecule has 1 heterocycles. The Morgan fingerprint density at radius 3 is 2.57 bits per heavy atom. The normalized spacial score (nSPS) is 10.8. The van der Waals surface area contributed by atoms with E-state index >= 15 is 0 Å². The molecule has 0 aliphatic heterocycles. The van der Waals surface area contributed by atoms with E-state index in [-0.39, 0.29) is 11.7 Å². The maximum absolute atomic E-state index is 13.7. The number of hydrogen-bond acceptors (Lipinski definition) is 4. The Labute approximate surface area is 125 Å². The first kappa shape index (κ1) is 15.2. The Kier molecular flexibility index (Phi) is 4.73. The molecule has 0 saturated carbocycles. The van der Waals surface area contributed by atoms with E-state index in [9.17, 15) is 4.39 Å². The molecule has 0 atom stereocenters. The second-order valence-electron chi connectivity index (χ2n) is 5.32. The Morgan fingerprint density at radius 1 is 1.24 bits per heavy atom. The van der Waals surface area contributed by atoms with E-state index in [1.165, 1.54) is 6.07 Å². The standard InChI is InChI=1S/C16H21FN4/c1-11(2)16-19-14(18-3)9-15(20-16)21(4)10-12-7-5-6-8-13(12)17/h5-9,11H,10H2,1-4H3,(H,18,19,20). The predicted octanol–water partition coefficient (Wildman–Crippen LogP) is 3.42. The second-order valence-corrected chi connectivity index (χ2v) is 5.32. The number of anilines is 2. The van der Waals surface area contributed by atoms with Crippen molar-refractivity contribution in [1.29, 1.82) is 0 Å². The topological polar surface area (TPSA) is 41.0 Å². The molecular weight excluding hydrogens is 267 g/mol. The molecule has 0 radical (unpaired) electrons. The van der Waals surface area contributed by atoms with Crippen molar-refractivity contribution in [3.8, 4) is 0 Å². The first-order valence-electron chi connectivity index (χ1n) is 7.02. The fraction of sp³-hybridized carbons (Fsp3) is 0.375. The van der Waals surface area contributed by atoms with Gasteiger partial charge >= 0.3 is 0 Å². The second kappa shape index (κ2) is 6.52. The summed E-state index contributed by atoms with van der Waals surface area (Å²) in [5, 5.41) is 3.04. The van der Waals surface area contributed by atoms with Gasteiger partial charge in [0.2, 0.25) is 0 Å². The van der Waals surface area contributed by atoms with Crippen molar-refractivity contribution in [2.75, 3.05) is 24.3 Å². The number of nitrogens with zero attached hydrogens (tertiary/aromatic N) is 3. The highest BCUT2D eigenvalue weighted by molar-refractivity contribution is 5.49. The highest BCUT2D eigenvalue weighted by Gasteiger charge is 2.12. The highest BCUT2D eigenvalue weighted by atomic mass is 19.1. The first-order chi connectivity index (χ1) is 10.0. The van der Waals surface area contributed by atoms with Crippen LogP contribution in [-0.2, 0) is 6.54 Å². The summed E-state index contributed by atoms with van der Waals surface area (Å²) in [6.45, 7) is 4.56. The zero-order valence-electron chi connectivity index (χ0n) is 12.9. The van der Waals surface area contributed by atoms with Crippen LogP contribution in [0.25, 0.3) is 0 Å². The lowest BCUT2D eigenvalue weighted by Crippen LogP contribution is -2.20. The monoisotopic (exact) mass is 288 g/mol. The number of benzene rings is 1. The average molecular weight is 288 g/mol. The molecule has 112 valence electrons. The van der Waals surface area contributed by atoms with Gasteiger partial charge in [-0.2, -0.15) is 0 Å². The minimum absolute atomic E-state index is 0.198. The van der Waals surface area contributed by atoms with Gasteiger partial charge in [-0.1, -0.05) is 32.0 Å². The summed E-state index contributed by atoms with van der Waals surface area (Å²) in [6, 6.07) is 8.66. The molecule has 1 N–H and O–H groups in total. The highest BCUT2D eigenvalue weighted by Crippen LogP contribution is 2.21. The van der Waals surface area contributed by atoms with Crippen LogP contribution in [0, 0.1) is 5.82 Å². The molecule has 5 heteroatoms. The van der Waals surface area contributed by atoms with E-state index < -0.39 is 0 Å². The molecular formula is C16H21FN4. The average Bonchev–Trinajstić information content (AvgIpc) is 2.49. The van der Waals surface area contributed by atoms with Gasteiger partial charge in [0.05, 0.1) is 0 Å². The molecule has 0 unspecified atom stereocenters. The molecule has 0 amide bonds. The van der Waals surface area contributed by atoms with Crippen molar-refractivity contribution in [3.05, 3.63) is 47.5 Å². The van der Waals surface area contributed by atoms with Crippen LogP contribution in [-0.4, -0.2) is 24.1 Å². The smallest absolute Gasteiger partial charge is 0.135 e. The molecule has 0 aliphatic rings. The van der Waals surface area contributed by atoms with Crippen LogP contribution in [0.15, 0.2) is 30.3 Å². The summed E-state index contributed by atoms with van der Waals surface area (Å²) in [7, 11) is 3.73. The molecule has 0 spiro atoms. The van der Waals surface area contributed by atoms with Crippen LogP contribution in [0.4, 0.5) is 16.0 Å². The van der Waals surface area contributed by atoms with Crippen LogP contribution < -0.4 is 10.2 Å². The van der Waals surface area contributed by atoms with Crippen molar-refractivity contribution in [2.24, 2.45) is 0 Å². The summed E-state index contributed by atoms with van der Waals surface area (Å²) in [5.41, 5.74) is 0.649. The van der Waals surface area contributed by atoms with Crippen LogP contribution in [0.1, 0.15) is 31.2 Å². The largest absolute Gasteiger partial charge is 0.373 e. The number of rotatable bonds is 5. The molecule has 21 heavy (non-hydrogen) atoms. The molecule has 1 aromatic heterocycles. The van der Waals surface area contributed by atoms with Crippen LogP contribution in [0.5, 0.6) is 0 Å². The lowest BCUT2D eigenvalue weighted by atomic mass is 10.2. The summed E-state index contributed by atoms with van der Waals surface area (Å²) >= 11 is 0. The maximum Gasteiger partial charge on any atom is 0.135 e. The number of halogens is 1. The van der Waals surface area contributed by atoms with Crippen LogP contribution >= 0.6 is 0 Å². The summed E-state index contributed by atoms with van der Waals surface area (Å²) in [4.78, 5) is 10.9. The Bertz CT molecular complexity index is 613. The maximum atomic E-state index is 13.7. The fourth-order valence-electron chi connectivity index (χ4n) is 2.00. The van der Waals surface area contributed by atoms with Crippen molar-refractivity contribution in [1.82, 2.24) is 9.97 Å². The summed E-state index contributed by atoms with van der Waals surface area (Å²) in [6.07, 6.45) is 0. The minimum atomic E-state index is -0.198. The molecule has 2 rings (SSSR count). The molecule has 1 aromatic carbocycles. The van der Waals surface area contributed by atoms with Crippen molar-refractivity contribution >= 4 is 11.6 Å². The molecule has 0 aliphatic carbocycles. The van der Waals surface area contributed by atoms with E-state index in [0.717, 1.165) is 17.5 Å². The zero-order chi connectivity index (χ0) is 15.4. The van der Waals surface area contributed by atoms with E-state index in [0.29, 0.717) is 12.1 Å². The molecule has 4 nitrogen and oxygen atoms in total. The van der Waals surface area contributed by atoms with Gasteiger partial charge in [-0.3, -0.25) is 0 Å². The van der Waals surface area contributed by atoms with Crippen molar-refractivity contribution in [3.63, 3.8) is 0 Å². The lowest BCUT2D eigenvalue weighted by molar-refractivity contribution is 0.607. The zero-order valence-corrected chi connectivity index (χ0v) is 12.9. The lowest BCUT2D eigenvalue weighted by Gasteiger charge is -2.20. The van der Waals surface area contributed by atoms with E-state index in [1.807, 2.05) is 31.1 Å². The molecule has 2 aromatic rings. The van der Waals surface area contributed by atoms with Gasteiger partial charge in [0.1, 0.15) is 23.3 Å². The van der Waals surface area contributed by atoms with Crippen LogP contribution in [0.2, 0.25) is 0 Å². The van der Waals surface area contributed by atoms with Gasteiger partial charge in [0.25, 0.3) is 0 Å². The van der Waals surface area contributed by atoms with E-state index in [2.05, 4.69) is 29.1 Å². The number of nitrogens with one attached hydrogen (secondary N) is 1. The van der Waals surface area contributed by atoms with Gasteiger partial charge in [0, 0.05) is 38.2 Å². The van der Waals surface area contributed by atoms with Gasteiger partial charge in [-0.05, 0) is 6.07 Å². The van der Waals surface area contributed by atoms with E-state index in [1.54, 1.807) is 12.1 Å². The van der Waals surface area contributed by atoms with Crippen molar-refractivity contribution < 1.29 is 4.39 Å². The third-order valence-electron chi connectivity index (χ3n) is 3.26. The van der Waals surface area contributed by atoms with Gasteiger partial charge in [-0.15, -0.1) is 0 Å². The van der Waals surface area contributed by atoms with Crippen molar-refractivity contribution in [2.45, 2.75) is 26.3 Å². The minimum Gasteiger partial charge on any atom is -0.373 e. The SMILES string of the molecule is CNc1cc(N(C)Cc2ccccc2F)nc(C(C)C)n1. The predicted molar refractivity (Wildman–Crippen MR) is 84.2 cm³/mol. The molecule has 0 fully saturated rings. The third-order valence-corrected chi connectivity index (χ3v) is 3.26. The molecule has 0 bridgehead atoms. The number of aromatic nitrogens is 2. The Hall–Kier alpha value is -2.17. The van der Waals surface area contributed by atoms with Gasteiger partial charge in [0.15, 0.2) is 0 Å². The van der Waals surface area contributed by atoms with Gasteiger partial charge in [-0.25, -0.2) is 14.4 Å². The fourth-order valence-corrected chi connectivity index (χ4v) is 2.00.